The van der Waals surface area contributed by atoms with E-state index < -0.39 is 23.8 Å². The quantitative estimate of drug-likeness (QED) is 0.784. The van der Waals surface area contributed by atoms with Gasteiger partial charge in [0, 0.05) is 9.90 Å². The zero-order valence-electron chi connectivity index (χ0n) is 13.5. The van der Waals surface area contributed by atoms with E-state index in [0.717, 1.165) is 22.9 Å². The zero-order chi connectivity index (χ0) is 17.9. The third kappa shape index (κ3) is 4.33. The number of hydrogen-bond donors (Lipinski definition) is 1. The van der Waals surface area contributed by atoms with Gasteiger partial charge in [0.25, 0.3) is 5.91 Å². The fourth-order valence-corrected chi connectivity index (χ4v) is 3.22. The summed E-state index contributed by atoms with van der Waals surface area (Å²) in [6.07, 6.45) is -0.226. The van der Waals surface area contributed by atoms with Gasteiger partial charge in [-0.05, 0) is 50.1 Å². The Labute approximate surface area is 148 Å². The lowest BCUT2D eigenvalue weighted by atomic mass is 10.2. The number of aryl methyl sites for hydroxylation is 2. The Hall–Kier alpha value is -1.92. The molecule has 1 N–H and O–H groups in total. The first-order valence-corrected chi connectivity index (χ1v) is 8.57. The molecule has 0 unspecified atom stereocenters. The van der Waals surface area contributed by atoms with Crippen LogP contribution in [-0.4, -0.2) is 18.0 Å². The number of thiophene rings is 1. The molecular weight excluding hydrogens is 353 g/mol. The van der Waals surface area contributed by atoms with Gasteiger partial charge in [0.05, 0.1) is 5.69 Å². The predicted molar refractivity (Wildman–Crippen MR) is 93.4 cm³/mol. The van der Waals surface area contributed by atoms with Crippen molar-refractivity contribution in [3.63, 3.8) is 0 Å². The molecule has 0 aliphatic heterocycles. The van der Waals surface area contributed by atoms with Gasteiger partial charge in [-0.1, -0.05) is 18.5 Å². The molecule has 4 nitrogen and oxygen atoms in total. The maximum absolute atomic E-state index is 13.7. The van der Waals surface area contributed by atoms with Crippen LogP contribution >= 0.6 is 22.9 Å². The van der Waals surface area contributed by atoms with Crippen LogP contribution in [0.2, 0.25) is 5.02 Å². The van der Waals surface area contributed by atoms with Crippen LogP contribution in [0.5, 0.6) is 0 Å². The molecule has 0 saturated carbocycles. The van der Waals surface area contributed by atoms with Gasteiger partial charge >= 0.3 is 5.97 Å². The molecule has 0 radical (unpaired) electrons. The molecule has 1 amide bonds. The first kappa shape index (κ1) is 18.4. The summed E-state index contributed by atoms with van der Waals surface area (Å²) < 4.78 is 18.8. The van der Waals surface area contributed by atoms with Crippen molar-refractivity contribution in [3.8, 4) is 0 Å². The van der Waals surface area contributed by atoms with E-state index in [2.05, 4.69) is 5.32 Å². The normalized spacial score (nSPS) is 11.9. The van der Waals surface area contributed by atoms with Crippen molar-refractivity contribution in [3.05, 3.63) is 50.4 Å². The van der Waals surface area contributed by atoms with E-state index in [9.17, 15) is 14.0 Å². The van der Waals surface area contributed by atoms with Crippen LogP contribution < -0.4 is 5.32 Å². The van der Waals surface area contributed by atoms with Crippen molar-refractivity contribution in [2.75, 3.05) is 5.32 Å². The van der Waals surface area contributed by atoms with Gasteiger partial charge in [-0.15, -0.1) is 11.3 Å². The monoisotopic (exact) mass is 369 g/mol. The molecule has 2 aromatic rings. The van der Waals surface area contributed by atoms with Gasteiger partial charge < -0.3 is 10.1 Å². The first-order valence-electron chi connectivity index (χ1n) is 7.38. The van der Waals surface area contributed by atoms with Crippen LogP contribution in [0.3, 0.4) is 0 Å². The number of amides is 1. The summed E-state index contributed by atoms with van der Waals surface area (Å²) in [5.41, 5.74) is 1.00. The molecule has 1 aromatic heterocycles. The Bertz CT molecular complexity index is 775. The highest BCUT2D eigenvalue weighted by Gasteiger charge is 2.21. The highest BCUT2D eigenvalue weighted by Crippen LogP contribution is 2.24. The standard InChI is InChI=1S/C17H17ClFNO3S/c1-4-14-9(2)7-15(24-14)17(22)23-10(3)16(21)20-13-6-5-11(18)8-12(13)19/h5-8,10H,4H2,1-3H3,(H,20,21)/t10-/m1/s1. The largest absolute Gasteiger partial charge is 0.448 e. The summed E-state index contributed by atoms with van der Waals surface area (Å²) in [5.74, 6) is -1.84. The second-order valence-electron chi connectivity index (χ2n) is 5.23. The van der Waals surface area contributed by atoms with E-state index in [1.165, 1.54) is 30.4 Å². The van der Waals surface area contributed by atoms with Crippen LogP contribution in [-0.2, 0) is 16.0 Å². The number of benzene rings is 1. The van der Waals surface area contributed by atoms with Gasteiger partial charge in [-0.3, -0.25) is 4.79 Å². The van der Waals surface area contributed by atoms with E-state index in [1.54, 1.807) is 6.07 Å². The third-order valence-electron chi connectivity index (χ3n) is 3.38. The Kier molecular flexibility index (Phi) is 5.96. The number of anilines is 1. The fraction of sp³-hybridized carbons (Fsp3) is 0.294. The van der Waals surface area contributed by atoms with E-state index >= 15 is 0 Å². The summed E-state index contributed by atoms with van der Waals surface area (Å²) >= 11 is 7.01. The number of carbonyl (C=O) groups is 2. The Morgan fingerprint density at radius 1 is 1.38 bits per heavy atom. The van der Waals surface area contributed by atoms with Gasteiger partial charge in [0.1, 0.15) is 10.7 Å². The average Bonchev–Trinajstić information content (AvgIpc) is 2.91. The van der Waals surface area contributed by atoms with Crippen molar-refractivity contribution in [2.45, 2.75) is 33.3 Å². The fourth-order valence-electron chi connectivity index (χ4n) is 2.07. The Balaban J connectivity index is 2.01. The summed E-state index contributed by atoms with van der Waals surface area (Å²) in [5, 5.41) is 2.60. The second kappa shape index (κ2) is 7.77. The number of hydrogen-bond acceptors (Lipinski definition) is 4. The summed E-state index contributed by atoms with van der Waals surface area (Å²) in [6, 6.07) is 5.64. The average molecular weight is 370 g/mol. The molecule has 24 heavy (non-hydrogen) atoms. The van der Waals surface area contributed by atoms with Crippen molar-refractivity contribution in [1.82, 2.24) is 0 Å². The number of halogens is 2. The molecule has 0 fully saturated rings. The van der Waals surface area contributed by atoms with Crippen LogP contribution in [0.4, 0.5) is 10.1 Å². The minimum absolute atomic E-state index is 0.0208. The molecule has 128 valence electrons. The van der Waals surface area contributed by atoms with Crippen LogP contribution in [0.1, 0.15) is 34.0 Å². The predicted octanol–water partition coefficient (Wildman–Crippen LogP) is 4.60. The molecule has 1 aromatic carbocycles. The number of esters is 1. The Morgan fingerprint density at radius 2 is 2.08 bits per heavy atom. The van der Waals surface area contributed by atoms with Gasteiger partial charge in [0.15, 0.2) is 6.10 Å². The maximum Gasteiger partial charge on any atom is 0.349 e. The highest BCUT2D eigenvalue weighted by atomic mass is 35.5. The van der Waals surface area contributed by atoms with E-state index in [1.807, 2.05) is 13.8 Å². The van der Waals surface area contributed by atoms with E-state index in [-0.39, 0.29) is 10.7 Å². The molecule has 0 bridgehead atoms. The molecular formula is C17H17ClFNO3S. The van der Waals surface area contributed by atoms with Crippen LogP contribution in [0.25, 0.3) is 0 Å². The molecule has 0 aliphatic rings. The number of nitrogens with one attached hydrogen (secondary N) is 1. The summed E-state index contributed by atoms with van der Waals surface area (Å²) in [6.45, 7) is 5.36. The van der Waals surface area contributed by atoms with Crippen LogP contribution in [0, 0.1) is 12.7 Å². The van der Waals surface area contributed by atoms with Gasteiger partial charge in [-0.25, -0.2) is 9.18 Å². The van der Waals surface area contributed by atoms with Gasteiger partial charge in [-0.2, -0.15) is 0 Å². The number of carbonyl (C=O) groups excluding carboxylic acids is 2. The van der Waals surface area contributed by atoms with Crippen molar-refractivity contribution >= 4 is 40.5 Å². The van der Waals surface area contributed by atoms with Crippen LogP contribution in [0.15, 0.2) is 24.3 Å². The SMILES string of the molecule is CCc1sc(C(=O)O[C@H](C)C(=O)Nc2ccc(Cl)cc2F)cc1C. The number of rotatable bonds is 5. The Morgan fingerprint density at radius 3 is 2.67 bits per heavy atom. The topological polar surface area (TPSA) is 55.4 Å². The molecule has 1 atom stereocenters. The van der Waals surface area contributed by atoms with Crippen molar-refractivity contribution in [2.24, 2.45) is 0 Å². The lowest BCUT2D eigenvalue weighted by molar-refractivity contribution is -0.123. The van der Waals surface area contributed by atoms with Crippen molar-refractivity contribution < 1.29 is 18.7 Å². The second-order valence-corrected chi connectivity index (χ2v) is 6.80. The molecule has 7 heteroatoms. The molecule has 2 rings (SSSR count). The minimum Gasteiger partial charge on any atom is -0.448 e. The van der Waals surface area contributed by atoms with Crippen molar-refractivity contribution in [1.29, 1.82) is 0 Å². The third-order valence-corrected chi connectivity index (χ3v) is 4.98. The maximum atomic E-state index is 13.7. The van der Waals surface area contributed by atoms with Gasteiger partial charge in [0.2, 0.25) is 0 Å². The summed E-state index contributed by atoms with van der Waals surface area (Å²) in [7, 11) is 0. The van der Waals surface area contributed by atoms with E-state index in [0.29, 0.717) is 4.88 Å². The molecule has 0 aliphatic carbocycles. The zero-order valence-corrected chi connectivity index (χ0v) is 15.1. The van der Waals surface area contributed by atoms with E-state index in [4.69, 9.17) is 16.3 Å². The molecule has 0 saturated heterocycles. The molecule has 1 heterocycles. The minimum atomic E-state index is -1.06. The smallest absolute Gasteiger partial charge is 0.349 e. The lowest BCUT2D eigenvalue weighted by Crippen LogP contribution is -2.30. The molecule has 0 spiro atoms. The summed E-state index contributed by atoms with van der Waals surface area (Å²) in [4.78, 5) is 25.7. The first-order chi connectivity index (χ1) is 11.3. The highest BCUT2D eigenvalue weighted by molar-refractivity contribution is 7.14. The lowest BCUT2D eigenvalue weighted by Gasteiger charge is -2.13. The number of ether oxygens (including phenoxy) is 1.